The largest absolute Gasteiger partial charge is 0.370 e. The number of rotatable bonds is 4. The van der Waals surface area contributed by atoms with Crippen molar-refractivity contribution >= 4 is 28.4 Å². The zero-order valence-corrected chi connectivity index (χ0v) is 14.6. The maximum absolute atomic E-state index is 12.6. The van der Waals surface area contributed by atoms with E-state index < -0.39 is 0 Å². The lowest BCUT2D eigenvalue weighted by Crippen LogP contribution is -2.27. The highest BCUT2D eigenvalue weighted by Gasteiger charge is 2.21. The second kappa shape index (κ2) is 6.59. The van der Waals surface area contributed by atoms with Crippen LogP contribution in [0, 0.1) is 0 Å². The van der Waals surface area contributed by atoms with E-state index in [0.717, 1.165) is 48.3 Å². The molecule has 1 aliphatic rings. The van der Waals surface area contributed by atoms with E-state index in [4.69, 9.17) is 0 Å². The smallest absolute Gasteiger partial charge is 0.329 e. The molecule has 130 valence electrons. The van der Waals surface area contributed by atoms with Gasteiger partial charge in [-0.1, -0.05) is 0 Å². The molecule has 1 saturated heterocycles. The summed E-state index contributed by atoms with van der Waals surface area (Å²) in [7, 11) is 1.60. The summed E-state index contributed by atoms with van der Waals surface area (Å²) in [4.78, 5) is 26.7. The van der Waals surface area contributed by atoms with Crippen LogP contribution in [0.5, 0.6) is 0 Å². The fraction of sp³-hybridized carbons (Fsp3) is 0.529. The molecule has 1 aromatic heterocycles. The Labute approximate surface area is 141 Å². The fourth-order valence-corrected chi connectivity index (χ4v) is 3.47. The van der Waals surface area contributed by atoms with Crippen molar-refractivity contribution in [2.45, 2.75) is 39.8 Å². The first kappa shape index (κ1) is 16.4. The first-order valence-corrected chi connectivity index (χ1v) is 8.61. The van der Waals surface area contributed by atoms with Gasteiger partial charge in [-0.15, -0.1) is 0 Å². The van der Waals surface area contributed by atoms with Crippen LogP contribution < -0.4 is 21.2 Å². The summed E-state index contributed by atoms with van der Waals surface area (Å²) >= 11 is 0. The molecular formula is C17H25N5O2. The van der Waals surface area contributed by atoms with E-state index in [2.05, 4.69) is 15.5 Å². The van der Waals surface area contributed by atoms with Crippen molar-refractivity contribution < 1.29 is 4.79 Å². The lowest BCUT2D eigenvalue weighted by atomic mass is 10.2. The number of fused-ring (bicyclic) bond motifs is 1. The number of nitrogens with zero attached hydrogens (tertiary/aromatic N) is 3. The summed E-state index contributed by atoms with van der Waals surface area (Å²) in [5, 5.41) is 5.50. The monoisotopic (exact) mass is 331 g/mol. The van der Waals surface area contributed by atoms with E-state index in [1.165, 1.54) is 0 Å². The summed E-state index contributed by atoms with van der Waals surface area (Å²) in [5.74, 6) is 0. The van der Waals surface area contributed by atoms with Gasteiger partial charge in [-0.2, -0.15) is 0 Å². The molecule has 0 aliphatic carbocycles. The minimum absolute atomic E-state index is 0.000495. The van der Waals surface area contributed by atoms with E-state index in [9.17, 15) is 9.59 Å². The van der Waals surface area contributed by atoms with Crippen LogP contribution >= 0.6 is 0 Å². The number of benzene rings is 1. The van der Waals surface area contributed by atoms with Gasteiger partial charge in [0, 0.05) is 33.2 Å². The Morgan fingerprint density at radius 1 is 1.08 bits per heavy atom. The van der Waals surface area contributed by atoms with Crippen LogP contribution in [-0.4, -0.2) is 35.3 Å². The van der Waals surface area contributed by atoms with Crippen molar-refractivity contribution in [3.63, 3.8) is 0 Å². The van der Waals surface area contributed by atoms with Crippen molar-refractivity contribution in [3.8, 4) is 0 Å². The van der Waals surface area contributed by atoms with Crippen LogP contribution in [0.3, 0.4) is 0 Å². The lowest BCUT2D eigenvalue weighted by Gasteiger charge is -2.22. The second-order valence-electron chi connectivity index (χ2n) is 6.03. The molecule has 7 nitrogen and oxygen atoms in total. The number of urea groups is 1. The predicted molar refractivity (Wildman–Crippen MR) is 97.1 cm³/mol. The Balaban J connectivity index is 2.23. The summed E-state index contributed by atoms with van der Waals surface area (Å²) in [6.07, 6.45) is 2.29. The van der Waals surface area contributed by atoms with Gasteiger partial charge >= 0.3 is 11.7 Å². The van der Waals surface area contributed by atoms with E-state index in [1.807, 2.05) is 26.0 Å². The Morgan fingerprint density at radius 2 is 1.67 bits per heavy atom. The minimum atomic E-state index is -0.255. The maximum Gasteiger partial charge on any atom is 0.329 e. The fourth-order valence-electron chi connectivity index (χ4n) is 3.47. The molecule has 0 saturated carbocycles. The van der Waals surface area contributed by atoms with Gasteiger partial charge in [0.1, 0.15) is 0 Å². The number of anilines is 2. The van der Waals surface area contributed by atoms with E-state index in [-0.39, 0.29) is 11.7 Å². The Hall–Kier alpha value is -2.44. The van der Waals surface area contributed by atoms with Crippen molar-refractivity contribution in [1.29, 1.82) is 0 Å². The van der Waals surface area contributed by atoms with Gasteiger partial charge in [0.2, 0.25) is 0 Å². The molecule has 1 aromatic carbocycles. The topological polar surface area (TPSA) is 71.3 Å². The molecular weight excluding hydrogens is 306 g/mol. The number of amides is 2. The first-order chi connectivity index (χ1) is 11.6. The normalized spacial score (nSPS) is 14.4. The number of nitrogens with one attached hydrogen (secondary N) is 2. The molecule has 0 atom stereocenters. The van der Waals surface area contributed by atoms with Crippen LogP contribution in [0.15, 0.2) is 16.9 Å². The van der Waals surface area contributed by atoms with Gasteiger partial charge < -0.3 is 15.5 Å². The molecule has 7 heteroatoms. The van der Waals surface area contributed by atoms with Crippen LogP contribution in [0.2, 0.25) is 0 Å². The molecule has 2 amide bonds. The second-order valence-corrected chi connectivity index (χ2v) is 6.03. The van der Waals surface area contributed by atoms with E-state index >= 15 is 0 Å². The SMILES string of the molecule is CCn1c(=O)n(CC)c2cc(N3CCCC3)c(NC(=O)NC)cc21. The Bertz CT molecular complexity index is 814. The van der Waals surface area contributed by atoms with Crippen molar-refractivity contribution in [3.05, 3.63) is 22.6 Å². The lowest BCUT2D eigenvalue weighted by molar-refractivity contribution is 0.254. The third-order valence-electron chi connectivity index (χ3n) is 4.69. The van der Waals surface area contributed by atoms with Gasteiger partial charge in [0.25, 0.3) is 0 Å². The maximum atomic E-state index is 12.6. The summed E-state index contributed by atoms with van der Waals surface area (Å²) < 4.78 is 3.55. The van der Waals surface area contributed by atoms with Gasteiger partial charge in [0.05, 0.1) is 22.4 Å². The highest BCUT2D eigenvalue weighted by Crippen LogP contribution is 2.33. The molecule has 2 heterocycles. The van der Waals surface area contributed by atoms with Gasteiger partial charge in [-0.3, -0.25) is 9.13 Å². The van der Waals surface area contributed by atoms with E-state index in [1.54, 1.807) is 16.2 Å². The number of hydrogen-bond donors (Lipinski definition) is 2. The van der Waals surface area contributed by atoms with Crippen molar-refractivity contribution in [2.24, 2.45) is 0 Å². The molecule has 0 bridgehead atoms. The molecule has 2 aromatic rings. The molecule has 0 unspecified atom stereocenters. The van der Waals surface area contributed by atoms with Crippen LogP contribution in [0.25, 0.3) is 11.0 Å². The van der Waals surface area contributed by atoms with Crippen molar-refractivity contribution in [1.82, 2.24) is 14.5 Å². The quantitative estimate of drug-likeness (QED) is 0.902. The van der Waals surface area contributed by atoms with Crippen molar-refractivity contribution in [2.75, 3.05) is 30.4 Å². The van der Waals surface area contributed by atoms with Gasteiger partial charge in [-0.25, -0.2) is 9.59 Å². The number of aromatic nitrogens is 2. The molecule has 0 radical (unpaired) electrons. The first-order valence-electron chi connectivity index (χ1n) is 8.61. The van der Waals surface area contributed by atoms with Gasteiger partial charge in [0.15, 0.2) is 0 Å². The molecule has 24 heavy (non-hydrogen) atoms. The minimum Gasteiger partial charge on any atom is -0.370 e. The molecule has 1 aliphatic heterocycles. The average molecular weight is 331 g/mol. The van der Waals surface area contributed by atoms with Crippen LogP contribution in [0.4, 0.5) is 16.2 Å². The van der Waals surface area contributed by atoms with Crippen LogP contribution in [-0.2, 0) is 13.1 Å². The number of carbonyl (C=O) groups excluding carboxylic acids is 1. The van der Waals surface area contributed by atoms with Gasteiger partial charge in [-0.05, 0) is 38.8 Å². The molecule has 3 rings (SSSR count). The molecule has 1 fully saturated rings. The average Bonchev–Trinajstić information content (AvgIpc) is 3.19. The van der Waals surface area contributed by atoms with Crippen LogP contribution in [0.1, 0.15) is 26.7 Å². The Kier molecular flexibility index (Phi) is 4.51. The number of imidazole rings is 1. The summed E-state index contributed by atoms with van der Waals surface area (Å²) in [6, 6.07) is 3.72. The predicted octanol–water partition coefficient (Wildman–Crippen LogP) is 2.19. The Morgan fingerprint density at radius 3 is 2.21 bits per heavy atom. The molecule has 2 N–H and O–H groups in total. The highest BCUT2D eigenvalue weighted by molar-refractivity contribution is 5.97. The molecule has 0 spiro atoms. The summed E-state index contributed by atoms with van der Waals surface area (Å²) in [6.45, 7) is 7.11. The zero-order chi connectivity index (χ0) is 17.3. The number of carbonyl (C=O) groups is 1. The standard InChI is InChI=1S/C17H25N5O2/c1-4-21-14-10-12(19-16(23)18-3)13(20-8-6-7-9-20)11-15(14)22(5-2)17(21)24/h10-11H,4-9H2,1-3H3,(H2,18,19,23). The number of hydrogen-bond acceptors (Lipinski definition) is 3. The zero-order valence-electron chi connectivity index (χ0n) is 14.6. The third kappa shape index (κ3) is 2.64. The van der Waals surface area contributed by atoms with E-state index in [0.29, 0.717) is 13.1 Å². The number of aryl methyl sites for hydroxylation is 2. The highest BCUT2D eigenvalue weighted by atomic mass is 16.2. The summed E-state index contributed by atoms with van der Waals surface area (Å²) in [5.41, 5.74) is 3.52. The third-order valence-corrected chi connectivity index (χ3v) is 4.69.